The van der Waals surface area contributed by atoms with Crippen LogP contribution in [0.2, 0.25) is 0 Å². The highest BCUT2D eigenvalue weighted by Crippen LogP contribution is 2.37. The fourth-order valence-corrected chi connectivity index (χ4v) is 3.45. The van der Waals surface area contributed by atoms with E-state index < -0.39 is 0 Å². The Bertz CT molecular complexity index is 400. The van der Waals surface area contributed by atoms with Crippen LogP contribution in [0, 0.1) is 11.8 Å². The molecule has 0 amide bonds. The molecule has 1 aliphatic rings. The molecule has 0 bridgehead atoms. The highest BCUT2D eigenvalue weighted by molar-refractivity contribution is 5.48. The zero-order valence-electron chi connectivity index (χ0n) is 12.8. The number of anilines is 1. The molecule has 0 radical (unpaired) electrons. The SMILES string of the molecule is CNC(c1cccc(N(C)C)c1)C1CCCC(C)C1. The van der Waals surface area contributed by atoms with Crippen LogP contribution < -0.4 is 10.2 Å². The van der Waals surface area contributed by atoms with Crippen LogP contribution in [-0.2, 0) is 0 Å². The number of benzene rings is 1. The largest absolute Gasteiger partial charge is 0.378 e. The maximum Gasteiger partial charge on any atom is 0.0364 e. The molecular formula is C17H28N2. The first-order chi connectivity index (χ1) is 9.11. The molecular weight excluding hydrogens is 232 g/mol. The molecule has 0 saturated heterocycles. The molecule has 19 heavy (non-hydrogen) atoms. The molecule has 3 atom stereocenters. The van der Waals surface area contributed by atoms with Crippen LogP contribution in [0.1, 0.15) is 44.2 Å². The van der Waals surface area contributed by atoms with E-state index >= 15 is 0 Å². The number of hydrogen-bond donors (Lipinski definition) is 1. The lowest BCUT2D eigenvalue weighted by Gasteiger charge is -2.33. The Hall–Kier alpha value is -1.02. The molecule has 1 aliphatic carbocycles. The minimum absolute atomic E-state index is 0.502. The van der Waals surface area contributed by atoms with Crippen LogP contribution in [0.4, 0.5) is 5.69 Å². The Labute approximate surface area is 118 Å². The average Bonchev–Trinajstić information content (AvgIpc) is 2.40. The lowest BCUT2D eigenvalue weighted by atomic mass is 9.76. The molecule has 0 heterocycles. The van der Waals surface area contributed by atoms with Crippen molar-refractivity contribution in [2.75, 3.05) is 26.0 Å². The van der Waals surface area contributed by atoms with E-state index in [0.717, 1.165) is 11.8 Å². The predicted molar refractivity (Wildman–Crippen MR) is 83.7 cm³/mol. The Morgan fingerprint density at radius 2 is 2.05 bits per heavy atom. The normalized spacial score (nSPS) is 25.1. The van der Waals surface area contributed by atoms with Crippen LogP contribution in [0.15, 0.2) is 24.3 Å². The van der Waals surface area contributed by atoms with Crippen molar-refractivity contribution in [2.24, 2.45) is 11.8 Å². The third-order valence-electron chi connectivity index (χ3n) is 4.51. The van der Waals surface area contributed by atoms with E-state index in [9.17, 15) is 0 Å². The molecule has 1 aromatic carbocycles. The van der Waals surface area contributed by atoms with Crippen molar-refractivity contribution in [3.63, 3.8) is 0 Å². The van der Waals surface area contributed by atoms with Gasteiger partial charge in [-0.3, -0.25) is 0 Å². The van der Waals surface area contributed by atoms with Crippen molar-refractivity contribution in [2.45, 2.75) is 38.6 Å². The molecule has 2 nitrogen and oxygen atoms in total. The molecule has 1 fully saturated rings. The standard InChI is InChI=1S/C17H28N2/c1-13-7-5-8-14(11-13)17(18-2)15-9-6-10-16(12-15)19(3)4/h6,9-10,12-14,17-18H,5,7-8,11H2,1-4H3. The Balaban J connectivity index is 2.18. The summed E-state index contributed by atoms with van der Waals surface area (Å²) in [6.45, 7) is 2.40. The van der Waals surface area contributed by atoms with Crippen LogP contribution in [0.3, 0.4) is 0 Å². The van der Waals surface area contributed by atoms with Gasteiger partial charge in [0.2, 0.25) is 0 Å². The Morgan fingerprint density at radius 1 is 1.26 bits per heavy atom. The van der Waals surface area contributed by atoms with Gasteiger partial charge in [0.15, 0.2) is 0 Å². The third kappa shape index (κ3) is 3.50. The number of nitrogens with zero attached hydrogens (tertiary/aromatic N) is 1. The molecule has 1 N–H and O–H groups in total. The molecule has 2 rings (SSSR count). The van der Waals surface area contributed by atoms with E-state index in [-0.39, 0.29) is 0 Å². The van der Waals surface area contributed by atoms with Crippen LogP contribution in [0.5, 0.6) is 0 Å². The van der Waals surface area contributed by atoms with Crippen LogP contribution >= 0.6 is 0 Å². The van der Waals surface area contributed by atoms with Crippen molar-refractivity contribution in [3.05, 3.63) is 29.8 Å². The first kappa shape index (κ1) is 14.4. The van der Waals surface area contributed by atoms with Crippen molar-refractivity contribution in [1.29, 1.82) is 0 Å². The Morgan fingerprint density at radius 3 is 2.68 bits per heavy atom. The van der Waals surface area contributed by atoms with Crippen LogP contribution in [-0.4, -0.2) is 21.1 Å². The molecule has 3 unspecified atom stereocenters. The summed E-state index contributed by atoms with van der Waals surface area (Å²) in [4.78, 5) is 2.18. The van der Waals surface area contributed by atoms with E-state index in [1.54, 1.807) is 0 Å². The minimum Gasteiger partial charge on any atom is -0.378 e. The quantitative estimate of drug-likeness (QED) is 0.885. The smallest absolute Gasteiger partial charge is 0.0364 e. The van der Waals surface area contributed by atoms with Gasteiger partial charge >= 0.3 is 0 Å². The third-order valence-corrected chi connectivity index (χ3v) is 4.51. The van der Waals surface area contributed by atoms with Gasteiger partial charge in [-0.25, -0.2) is 0 Å². The minimum atomic E-state index is 0.502. The second-order valence-electron chi connectivity index (χ2n) is 6.29. The predicted octanol–water partition coefficient (Wildman–Crippen LogP) is 3.84. The van der Waals surface area contributed by atoms with Gasteiger partial charge in [-0.15, -0.1) is 0 Å². The van der Waals surface area contributed by atoms with Gasteiger partial charge in [0.1, 0.15) is 0 Å². The lowest BCUT2D eigenvalue weighted by molar-refractivity contribution is 0.230. The van der Waals surface area contributed by atoms with Gasteiger partial charge in [-0.1, -0.05) is 31.9 Å². The lowest BCUT2D eigenvalue weighted by Crippen LogP contribution is -2.29. The highest BCUT2D eigenvalue weighted by Gasteiger charge is 2.26. The van der Waals surface area contributed by atoms with Crippen LogP contribution in [0.25, 0.3) is 0 Å². The van der Waals surface area contributed by atoms with Crippen molar-refractivity contribution in [3.8, 4) is 0 Å². The highest BCUT2D eigenvalue weighted by atomic mass is 15.1. The van der Waals surface area contributed by atoms with Gasteiger partial charge in [-0.05, 0) is 49.4 Å². The zero-order chi connectivity index (χ0) is 13.8. The van der Waals surface area contributed by atoms with Crippen molar-refractivity contribution in [1.82, 2.24) is 5.32 Å². The summed E-state index contributed by atoms with van der Waals surface area (Å²) in [6, 6.07) is 9.47. The van der Waals surface area contributed by atoms with Gasteiger partial charge in [0, 0.05) is 25.8 Å². The average molecular weight is 260 g/mol. The maximum absolute atomic E-state index is 3.56. The summed E-state index contributed by atoms with van der Waals surface area (Å²) in [7, 11) is 6.32. The summed E-state index contributed by atoms with van der Waals surface area (Å²) in [5.41, 5.74) is 2.73. The summed E-state index contributed by atoms with van der Waals surface area (Å²) >= 11 is 0. The van der Waals surface area contributed by atoms with Crippen molar-refractivity contribution < 1.29 is 0 Å². The van der Waals surface area contributed by atoms with E-state index in [2.05, 4.69) is 62.5 Å². The summed E-state index contributed by atoms with van der Waals surface area (Å²) in [5, 5.41) is 3.56. The second-order valence-corrected chi connectivity index (χ2v) is 6.29. The molecule has 0 spiro atoms. The van der Waals surface area contributed by atoms with Crippen molar-refractivity contribution >= 4 is 5.69 Å². The monoisotopic (exact) mass is 260 g/mol. The van der Waals surface area contributed by atoms with E-state index in [0.29, 0.717) is 6.04 Å². The molecule has 106 valence electrons. The van der Waals surface area contributed by atoms with Gasteiger partial charge in [-0.2, -0.15) is 0 Å². The molecule has 0 aliphatic heterocycles. The van der Waals surface area contributed by atoms with E-state index in [4.69, 9.17) is 0 Å². The zero-order valence-corrected chi connectivity index (χ0v) is 12.8. The maximum atomic E-state index is 3.56. The second kappa shape index (κ2) is 6.42. The molecule has 1 saturated carbocycles. The number of nitrogens with one attached hydrogen (secondary N) is 1. The van der Waals surface area contributed by atoms with Gasteiger partial charge < -0.3 is 10.2 Å². The fraction of sp³-hybridized carbons (Fsp3) is 0.647. The molecule has 0 aromatic heterocycles. The Kier molecular flexibility index (Phi) is 4.87. The summed E-state index contributed by atoms with van der Waals surface area (Å²) in [5.74, 6) is 1.66. The number of rotatable bonds is 4. The fourth-order valence-electron chi connectivity index (χ4n) is 3.45. The van der Waals surface area contributed by atoms with Gasteiger partial charge in [0.05, 0.1) is 0 Å². The number of hydrogen-bond acceptors (Lipinski definition) is 2. The summed E-state index contributed by atoms with van der Waals surface area (Å²) in [6.07, 6.45) is 5.52. The first-order valence-electron chi connectivity index (χ1n) is 7.56. The first-order valence-corrected chi connectivity index (χ1v) is 7.56. The molecule has 2 heteroatoms. The van der Waals surface area contributed by atoms with E-state index in [1.807, 2.05) is 0 Å². The molecule has 1 aromatic rings. The topological polar surface area (TPSA) is 15.3 Å². The van der Waals surface area contributed by atoms with E-state index in [1.165, 1.54) is 36.9 Å². The van der Waals surface area contributed by atoms with Gasteiger partial charge in [0.25, 0.3) is 0 Å². The summed E-state index contributed by atoms with van der Waals surface area (Å²) < 4.78 is 0.